The predicted octanol–water partition coefficient (Wildman–Crippen LogP) is 3.87. The van der Waals surface area contributed by atoms with Crippen LogP contribution in [0.4, 0.5) is 8.78 Å². The lowest BCUT2D eigenvalue weighted by molar-refractivity contribution is -0.148. The van der Waals surface area contributed by atoms with Crippen LogP contribution in [0.15, 0.2) is 41.0 Å². The third kappa shape index (κ3) is 5.84. The van der Waals surface area contributed by atoms with Gasteiger partial charge in [0.25, 0.3) is 12.3 Å². The van der Waals surface area contributed by atoms with Crippen molar-refractivity contribution in [3.05, 3.63) is 47.5 Å². The van der Waals surface area contributed by atoms with Crippen LogP contribution < -0.4 is 14.8 Å². The number of carbonyl (C=O) groups excluding carboxylic acids is 2. The monoisotopic (exact) mass is 489 g/mol. The molecule has 0 aliphatic heterocycles. The molecule has 1 amide bonds. The molecule has 3 atom stereocenters. The van der Waals surface area contributed by atoms with E-state index in [9.17, 15) is 18.4 Å². The van der Waals surface area contributed by atoms with Gasteiger partial charge in [0.1, 0.15) is 23.7 Å². The van der Waals surface area contributed by atoms with Crippen LogP contribution in [0.5, 0.6) is 11.5 Å². The van der Waals surface area contributed by atoms with Gasteiger partial charge < -0.3 is 19.5 Å². The number of aromatic nitrogens is 2. The molecule has 4 rings (SSSR count). The van der Waals surface area contributed by atoms with Gasteiger partial charge in [0.2, 0.25) is 0 Å². The fourth-order valence-electron chi connectivity index (χ4n) is 4.38. The number of carbonyl (C=O) groups is 2. The van der Waals surface area contributed by atoms with Gasteiger partial charge in [-0.05, 0) is 65.5 Å². The summed E-state index contributed by atoms with van der Waals surface area (Å²) in [5.41, 5.74) is 2.14. The molecule has 3 aromatic rings. The van der Waals surface area contributed by atoms with Crippen molar-refractivity contribution in [1.82, 2.24) is 15.6 Å². The standard InChI is InChI=1S/C24H25F2N3O6/c1-13(30)34-16-5-7-18(27-24(31)15-3-6-19-20(9-15)29-35-28-19)17(11-16)14-4-8-21(32-2)22(10-14)33-12-23(25)26/h3-4,6,8-10,16-18,23H,5,7,11-12H2,1-2H3,(H,27,31). The molecule has 1 heterocycles. The molecule has 1 aliphatic rings. The molecule has 0 bridgehead atoms. The number of methoxy groups -OCH3 is 1. The van der Waals surface area contributed by atoms with E-state index in [1.54, 1.807) is 36.4 Å². The summed E-state index contributed by atoms with van der Waals surface area (Å²) in [7, 11) is 1.42. The third-order valence-electron chi connectivity index (χ3n) is 5.95. The number of halogens is 2. The predicted molar refractivity (Wildman–Crippen MR) is 120 cm³/mol. The largest absolute Gasteiger partial charge is 0.493 e. The van der Waals surface area contributed by atoms with E-state index in [-0.39, 0.29) is 35.7 Å². The number of benzene rings is 2. The van der Waals surface area contributed by atoms with Crippen LogP contribution in [-0.2, 0) is 9.53 Å². The Kier molecular flexibility index (Phi) is 7.42. The molecule has 0 spiro atoms. The molecule has 1 fully saturated rings. The van der Waals surface area contributed by atoms with Crippen molar-refractivity contribution in [3.8, 4) is 11.5 Å². The van der Waals surface area contributed by atoms with Crippen molar-refractivity contribution in [2.45, 2.75) is 50.7 Å². The van der Waals surface area contributed by atoms with E-state index in [4.69, 9.17) is 18.8 Å². The summed E-state index contributed by atoms with van der Waals surface area (Å²) >= 11 is 0. The maximum absolute atomic E-state index is 13.1. The highest BCUT2D eigenvalue weighted by molar-refractivity contribution is 5.97. The van der Waals surface area contributed by atoms with E-state index in [2.05, 4.69) is 15.6 Å². The Balaban J connectivity index is 1.59. The van der Waals surface area contributed by atoms with E-state index in [1.807, 2.05) is 0 Å². The smallest absolute Gasteiger partial charge is 0.302 e. The van der Waals surface area contributed by atoms with Gasteiger partial charge >= 0.3 is 5.97 Å². The van der Waals surface area contributed by atoms with Crippen molar-refractivity contribution in [1.29, 1.82) is 0 Å². The number of amides is 1. The Hall–Kier alpha value is -3.76. The maximum Gasteiger partial charge on any atom is 0.302 e. The molecule has 3 unspecified atom stereocenters. The molecule has 35 heavy (non-hydrogen) atoms. The molecule has 11 heteroatoms. The Morgan fingerprint density at radius 2 is 1.91 bits per heavy atom. The normalized spacial score (nSPS) is 20.0. The first-order chi connectivity index (χ1) is 16.8. The zero-order valence-corrected chi connectivity index (χ0v) is 19.2. The minimum absolute atomic E-state index is 0.175. The summed E-state index contributed by atoms with van der Waals surface area (Å²) in [4.78, 5) is 24.6. The molecule has 0 radical (unpaired) electrons. The lowest BCUT2D eigenvalue weighted by Gasteiger charge is -2.36. The van der Waals surface area contributed by atoms with E-state index in [0.717, 1.165) is 5.56 Å². The van der Waals surface area contributed by atoms with Crippen LogP contribution in [0.3, 0.4) is 0 Å². The molecule has 1 aromatic heterocycles. The Morgan fingerprint density at radius 3 is 2.66 bits per heavy atom. The molecule has 1 N–H and O–H groups in total. The zero-order chi connectivity index (χ0) is 24.9. The number of hydrogen-bond acceptors (Lipinski definition) is 8. The van der Waals surface area contributed by atoms with Crippen LogP contribution in [0.2, 0.25) is 0 Å². The summed E-state index contributed by atoms with van der Waals surface area (Å²) in [5.74, 6) is -0.472. The molecule has 2 aromatic carbocycles. The Bertz CT molecular complexity index is 1200. The second-order valence-corrected chi connectivity index (χ2v) is 8.31. The zero-order valence-electron chi connectivity index (χ0n) is 19.2. The summed E-state index contributed by atoms with van der Waals surface area (Å²) in [6.45, 7) is 0.571. The number of nitrogens with one attached hydrogen (secondary N) is 1. The van der Waals surface area contributed by atoms with Crippen molar-refractivity contribution < 1.29 is 37.2 Å². The van der Waals surface area contributed by atoms with Crippen molar-refractivity contribution >= 4 is 22.9 Å². The van der Waals surface area contributed by atoms with Gasteiger partial charge in [-0.3, -0.25) is 9.59 Å². The first-order valence-corrected chi connectivity index (χ1v) is 11.1. The number of hydrogen-bond donors (Lipinski definition) is 1. The summed E-state index contributed by atoms with van der Waals surface area (Å²) in [6.07, 6.45) is -1.43. The number of esters is 1. The number of ether oxygens (including phenoxy) is 3. The SMILES string of the molecule is COc1ccc(C2CC(OC(C)=O)CCC2NC(=O)c2ccc3nonc3c2)cc1OCC(F)F. The van der Waals surface area contributed by atoms with E-state index in [1.165, 1.54) is 14.0 Å². The first kappa shape index (κ1) is 24.4. The number of rotatable bonds is 8. The number of nitrogens with zero attached hydrogens (tertiary/aromatic N) is 2. The van der Waals surface area contributed by atoms with Gasteiger partial charge in [-0.25, -0.2) is 13.4 Å². The van der Waals surface area contributed by atoms with Gasteiger partial charge in [-0.1, -0.05) is 6.07 Å². The van der Waals surface area contributed by atoms with Crippen molar-refractivity contribution in [2.75, 3.05) is 13.7 Å². The van der Waals surface area contributed by atoms with Gasteiger partial charge in [-0.15, -0.1) is 0 Å². The molecule has 1 saturated carbocycles. The average Bonchev–Trinajstić information content (AvgIpc) is 3.31. The van der Waals surface area contributed by atoms with Crippen LogP contribution >= 0.6 is 0 Å². The molecule has 9 nitrogen and oxygen atoms in total. The third-order valence-corrected chi connectivity index (χ3v) is 5.95. The topological polar surface area (TPSA) is 113 Å². The molecular weight excluding hydrogens is 464 g/mol. The number of alkyl halides is 2. The fourth-order valence-corrected chi connectivity index (χ4v) is 4.38. The molecule has 186 valence electrons. The lowest BCUT2D eigenvalue weighted by atomic mass is 9.78. The van der Waals surface area contributed by atoms with Crippen molar-refractivity contribution in [2.24, 2.45) is 0 Å². The Morgan fingerprint density at radius 1 is 1.11 bits per heavy atom. The second-order valence-electron chi connectivity index (χ2n) is 8.31. The van der Waals surface area contributed by atoms with E-state index < -0.39 is 13.0 Å². The quantitative estimate of drug-likeness (QED) is 0.475. The first-order valence-electron chi connectivity index (χ1n) is 11.1. The van der Waals surface area contributed by atoms with Gasteiger partial charge in [0.05, 0.1) is 7.11 Å². The second kappa shape index (κ2) is 10.7. The fraction of sp³-hybridized carbons (Fsp3) is 0.417. The summed E-state index contributed by atoms with van der Waals surface area (Å²) in [5, 5.41) is 10.6. The van der Waals surface area contributed by atoms with E-state index in [0.29, 0.717) is 41.6 Å². The minimum Gasteiger partial charge on any atom is -0.493 e. The van der Waals surface area contributed by atoms with Gasteiger partial charge in [-0.2, -0.15) is 0 Å². The van der Waals surface area contributed by atoms with Crippen LogP contribution in [0.25, 0.3) is 11.0 Å². The highest BCUT2D eigenvalue weighted by atomic mass is 19.3. The van der Waals surface area contributed by atoms with Crippen molar-refractivity contribution in [3.63, 3.8) is 0 Å². The number of fused-ring (bicyclic) bond motifs is 1. The minimum atomic E-state index is -2.64. The lowest BCUT2D eigenvalue weighted by Crippen LogP contribution is -2.44. The highest BCUT2D eigenvalue weighted by Gasteiger charge is 2.35. The average molecular weight is 489 g/mol. The van der Waals surface area contributed by atoms with Crippen LogP contribution in [0, 0.1) is 0 Å². The summed E-state index contributed by atoms with van der Waals surface area (Å²) in [6, 6.07) is 9.61. The molecule has 1 aliphatic carbocycles. The highest BCUT2D eigenvalue weighted by Crippen LogP contribution is 2.39. The molecular formula is C24H25F2N3O6. The van der Waals surface area contributed by atoms with Crippen LogP contribution in [-0.4, -0.2) is 54.5 Å². The molecule has 0 saturated heterocycles. The van der Waals surface area contributed by atoms with Crippen LogP contribution in [0.1, 0.15) is 48.0 Å². The van der Waals surface area contributed by atoms with E-state index >= 15 is 0 Å². The van der Waals surface area contributed by atoms with Gasteiger partial charge in [0, 0.05) is 24.4 Å². The maximum atomic E-state index is 13.1. The van der Waals surface area contributed by atoms with Gasteiger partial charge in [0.15, 0.2) is 11.5 Å². The Labute approximate surface area is 199 Å². The summed E-state index contributed by atoms with van der Waals surface area (Å²) < 4.78 is 46.1.